The highest BCUT2D eigenvalue weighted by Gasteiger charge is 2.08. The van der Waals surface area contributed by atoms with E-state index in [0.29, 0.717) is 22.1 Å². The maximum Gasteiger partial charge on any atom is 0.234 e. The topological polar surface area (TPSA) is 67.4 Å². The quantitative estimate of drug-likeness (QED) is 0.469. The standard InChI is InChI=1S/C23H21ClN2O3S/c1-29-21-5-3-2-4-20(21)26-23(28)15-30-19-12-10-18(11-13-19)25-22(27)14-16-6-8-17(24)9-7-16/h2-13H,14-15H2,1H3,(H,25,27)(H,26,28). The van der Waals surface area contributed by atoms with E-state index in [-0.39, 0.29) is 24.0 Å². The highest BCUT2D eigenvalue weighted by molar-refractivity contribution is 8.00. The Morgan fingerprint density at radius 2 is 1.60 bits per heavy atom. The first-order chi connectivity index (χ1) is 14.5. The monoisotopic (exact) mass is 440 g/mol. The van der Waals surface area contributed by atoms with Gasteiger partial charge < -0.3 is 15.4 Å². The lowest BCUT2D eigenvalue weighted by Crippen LogP contribution is -2.15. The van der Waals surface area contributed by atoms with Gasteiger partial charge in [0.05, 0.1) is 25.0 Å². The van der Waals surface area contributed by atoms with Gasteiger partial charge >= 0.3 is 0 Å². The van der Waals surface area contributed by atoms with Crippen LogP contribution in [0.4, 0.5) is 11.4 Å². The highest BCUT2D eigenvalue weighted by atomic mass is 35.5. The van der Waals surface area contributed by atoms with Crippen LogP contribution < -0.4 is 15.4 Å². The first-order valence-corrected chi connectivity index (χ1v) is 10.6. The molecular formula is C23H21ClN2O3S. The average Bonchev–Trinajstić information content (AvgIpc) is 2.75. The zero-order valence-corrected chi connectivity index (χ0v) is 17.9. The number of methoxy groups -OCH3 is 1. The second-order valence-corrected chi connectivity index (χ2v) is 7.90. The lowest BCUT2D eigenvalue weighted by Gasteiger charge is -2.10. The molecule has 0 aromatic heterocycles. The van der Waals surface area contributed by atoms with Gasteiger partial charge in [-0.1, -0.05) is 35.9 Å². The molecule has 0 unspecified atom stereocenters. The number of para-hydroxylation sites is 2. The molecule has 0 atom stereocenters. The fraction of sp³-hybridized carbons (Fsp3) is 0.130. The number of carbonyl (C=O) groups excluding carboxylic acids is 2. The largest absolute Gasteiger partial charge is 0.495 e. The van der Waals surface area contributed by atoms with Crippen molar-refractivity contribution >= 4 is 46.6 Å². The third-order valence-corrected chi connectivity index (χ3v) is 5.43. The molecule has 0 spiro atoms. The summed E-state index contributed by atoms with van der Waals surface area (Å²) in [6.07, 6.45) is 0.275. The van der Waals surface area contributed by atoms with Gasteiger partial charge in [0.1, 0.15) is 5.75 Å². The molecule has 154 valence electrons. The highest BCUT2D eigenvalue weighted by Crippen LogP contribution is 2.25. The fourth-order valence-corrected chi connectivity index (χ4v) is 3.53. The van der Waals surface area contributed by atoms with Crippen molar-refractivity contribution in [3.8, 4) is 5.75 Å². The minimum absolute atomic E-state index is 0.103. The SMILES string of the molecule is COc1ccccc1NC(=O)CSc1ccc(NC(=O)Cc2ccc(Cl)cc2)cc1. The predicted octanol–water partition coefficient (Wildman–Crippen LogP) is 5.26. The molecule has 0 saturated carbocycles. The lowest BCUT2D eigenvalue weighted by molar-refractivity contribution is -0.115. The van der Waals surface area contributed by atoms with Crippen LogP contribution in [0.15, 0.2) is 77.7 Å². The van der Waals surface area contributed by atoms with E-state index in [2.05, 4.69) is 10.6 Å². The minimum atomic E-state index is -0.121. The number of hydrogen-bond acceptors (Lipinski definition) is 4. The molecule has 3 rings (SSSR count). The van der Waals surface area contributed by atoms with Gasteiger partial charge in [-0.3, -0.25) is 9.59 Å². The Balaban J connectivity index is 1.47. The minimum Gasteiger partial charge on any atom is -0.495 e. The number of halogens is 1. The number of benzene rings is 3. The second-order valence-electron chi connectivity index (χ2n) is 6.41. The van der Waals surface area contributed by atoms with Gasteiger partial charge in [0, 0.05) is 15.6 Å². The van der Waals surface area contributed by atoms with Crippen LogP contribution in [0.25, 0.3) is 0 Å². The summed E-state index contributed by atoms with van der Waals surface area (Å²) >= 11 is 7.27. The molecule has 30 heavy (non-hydrogen) atoms. The molecule has 0 aliphatic heterocycles. The van der Waals surface area contributed by atoms with Crippen molar-refractivity contribution in [2.45, 2.75) is 11.3 Å². The van der Waals surface area contributed by atoms with E-state index in [1.54, 1.807) is 31.4 Å². The molecule has 0 bridgehead atoms. The molecule has 7 heteroatoms. The summed E-state index contributed by atoms with van der Waals surface area (Å²) in [4.78, 5) is 25.3. The Kier molecular flexibility index (Phi) is 7.76. The molecule has 0 radical (unpaired) electrons. The van der Waals surface area contributed by atoms with E-state index in [9.17, 15) is 9.59 Å². The van der Waals surface area contributed by atoms with E-state index < -0.39 is 0 Å². The molecular weight excluding hydrogens is 420 g/mol. The first kappa shape index (κ1) is 21.7. The summed E-state index contributed by atoms with van der Waals surface area (Å²) in [5.74, 6) is 0.661. The third-order valence-electron chi connectivity index (χ3n) is 4.17. The fourth-order valence-electron chi connectivity index (χ4n) is 2.71. The van der Waals surface area contributed by atoms with Crippen LogP contribution in [0.1, 0.15) is 5.56 Å². The normalized spacial score (nSPS) is 10.3. The zero-order valence-electron chi connectivity index (χ0n) is 16.4. The maximum atomic E-state index is 12.2. The van der Waals surface area contributed by atoms with Gasteiger partial charge in [0.15, 0.2) is 0 Å². The lowest BCUT2D eigenvalue weighted by atomic mass is 10.1. The van der Waals surface area contributed by atoms with Gasteiger partial charge in [-0.25, -0.2) is 0 Å². The summed E-state index contributed by atoms with van der Waals surface area (Å²) in [6, 6.07) is 21.9. The molecule has 3 aromatic rings. The smallest absolute Gasteiger partial charge is 0.234 e. The molecule has 0 aliphatic carbocycles. The van der Waals surface area contributed by atoms with E-state index >= 15 is 0 Å². The van der Waals surface area contributed by atoms with Crippen molar-refractivity contribution in [1.82, 2.24) is 0 Å². The summed E-state index contributed by atoms with van der Waals surface area (Å²) < 4.78 is 5.23. The number of ether oxygens (including phenoxy) is 1. The number of carbonyl (C=O) groups is 2. The Hall–Kier alpha value is -2.96. The van der Waals surface area contributed by atoms with Gasteiger partial charge in [0.2, 0.25) is 11.8 Å². The Bertz CT molecular complexity index is 1010. The van der Waals surface area contributed by atoms with E-state index in [1.165, 1.54) is 11.8 Å². The molecule has 2 N–H and O–H groups in total. The summed E-state index contributed by atoms with van der Waals surface area (Å²) in [5, 5.41) is 6.36. The van der Waals surface area contributed by atoms with Gasteiger partial charge in [-0.2, -0.15) is 0 Å². The molecule has 0 aliphatic rings. The van der Waals surface area contributed by atoms with Crippen LogP contribution in [0, 0.1) is 0 Å². The van der Waals surface area contributed by atoms with Crippen molar-refractivity contribution in [2.24, 2.45) is 0 Å². The van der Waals surface area contributed by atoms with Crippen molar-refractivity contribution in [3.63, 3.8) is 0 Å². The zero-order chi connectivity index (χ0) is 21.3. The molecule has 0 fully saturated rings. The first-order valence-electron chi connectivity index (χ1n) is 9.23. The van der Waals surface area contributed by atoms with Crippen molar-refractivity contribution in [1.29, 1.82) is 0 Å². The Morgan fingerprint density at radius 1 is 0.900 bits per heavy atom. The number of nitrogens with one attached hydrogen (secondary N) is 2. The van der Waals surface area contributed by atoms with E-state index in [1.807, 2.05) is 48.5 Å². The maximum absolute atomic E-state index is 12.2. The van der Waals surface area contributed by atoms with Crippen LogP contribution in [-0.2, 0) is 16.0 Å². The van der Waals surface area contributed by atoms with Crippen LogP contribution in [-0.4, -0.2) is 24.7 Å². The number of rotatable bonds is 8. The molecule has 5 nitrogen and oxygen atoms in total. The van der Waals surface area contributed by atoms with Crippen molar-refractivity contribution in [2.75, 3.05) is 23.5 Å². The van der Waals surface area contributed by atoms with Crippen LogP contribution in [0.2, 0.25) is 5.02 Å². The number of thioether (sulfide) groups is 1. The predicted molar refractivity (Wildman–Crippen MR) is 123 cm³/mol. The van der Waals surface area contributed by atoms with Crippen molar-refractivity contribution < 1.29 is 14.3 Å². The third kappa shape index (κ3) is 6.54. The van der Waals surface area contributed by atoms with Crippen LogP contribution in [0.3, 0.4) is 0 Å². The average molecular weight is 441 g/mol. The van der Waals surface area contributed by atoms with Gasteiger partial charge in [-0.15, -0.1) is 11.8 Å². The summed E-state index contributed by atoms with van der Waals surface area (Å²) in [7, 11) is 1.57. The van der Waals surface area contributed by atoms with Crippen LogP contribution in [0.5, 0.6) is 5.75 Å². The van der Waals surface area contributed by atoms with Crippen molar-refractivity contribution in [3.05, 3.63) is 83.4 Å². The molecule has 0 heterocycles. The number of anilines is 2. The molecule has 3 aromatic carbocycles. The Labute approximate surface area is 184 Å². The van der Waals surface area contributed by atoms with E-state index in [4.69, 9.17) is 16.3 Å². The van der Waals surface area contributed by atoms with Crippen LogP contribution >= 0.6 is 23.4 Å². The Morgan fingerprint density at radius 3 is 2.30 bits per heavy atom. The van der Waals surface area contributed by atoms with Gasteiger partial charge in [0.25, 0.3) is 0 Å². The van der Waals surface area contributed by atoms with E-state index in [0.717, 1.165) is 10.5 Å². The second kappa shape index (κ2) is 10.7. The molecule has 2 amide bonds. The molecule has 0 saturated heterocycles. The summed E-state index contributed by atoms with van der Waals surface area (Å²) in [5.41, 5.74) is 2.24. The van der Waals surface area contributed by atoms with Gasteiger partial charge in [-0.05, 0) is 54.1 Å². The summed E-state index contributed by atoms with van der Waals surface area (Å²) in [6.45, 7) is 0. The number of amides is 2. The number of hydrogen-bond donors (Lipinski definition) is 2.